The lowest BCUT2D eigenvalue weighted by Crippen LogP contribution is -2.54. The number of aromatic hydroxyl groups is 1. The number of carbonyl (C=O) groups is 3. The number of halogens is 1. The molecule has 0 radical (unpaired) electrons. The van der Waals surface area contributed by atoms with Crippen LogP contribution in [0.25, 0.3) is 0 Å². The number of phenolic OH excluding ortho intramolecular Hbond substituents is 1. The fourth-order valence-electron chi connectivity index (χ4n) is 4.38. The fourth-order valence-corrected chi connectivity index (χ4v) is 4.38. The zero-order valence-corrected chi connectivity index (χ0v) is 15.8. The van der Waals surface area contributed by atoms with E-state index in [1.807, 2.05) is 0 Å². The molecule has 2 aliphatic rings. The van der Waals surface area contributed by atoms with Crippen LogP contribution in [0.3, 0.4) is 0 Å². The highest BCUT2D eigenvalue weighted by atomic mass is 19.1. The number of hydrogen-bond acceptors (Lipinski definition) is 6. The van der Waals surface area contributed by atoms with Gasteiger partial charge in [-0.1, -0.05) is 24.3 Å². The van der Waals surface area contributed by atoms with Gasteiger partial charge in [-0.05, 0) is 36.8 Å². The summed E-state index contributed by atoms with van der Waals surface area (Å²) in [7, 11) is 1.20. The van der Waals surface area contributed by atoms with Gasteiger partial charge in [0, 0.05) is 6.04 Å². The Morgan fingerprint density at radius 1 is 1.14 bits per heavy atom. The molecule has 0 aromatic heterocycles. The predicted octanol–water partition coefficient (Wildman–Crippen LogP) is 1.91. The Hall–Kier alpha value is -3.26. The maximum atomic E-state index is 14.4. The lowest BCUT2D eigenvalue weighted by Gasteiger charge is -2.28. The molecule has 2 aromatic carbocycles. The van der Waals surface area contributed by atoms with Crippen LogP contribution in [0.15, 0.2) is 48.5 Å². The van der Waals surface area contributed by atoms with Crippen LogP contribution in [0.1, 0.15) is 18.5 Å². The maximum absolute atomic E-state index is 14.4. The maximum Gasteiger partial charge on any atom is 0.326 e. The molecule has 150 valence electrons. The van der Waals surface area contributed by atoms with Gasteiger partial charge in [-0.25, -0.2) is 9.29 Å². The minimum Gasteiger partial charge on any atom is -0.508 e. The summed E-state index contributed by atoms with van der Waals surface area (Å²) in [4.78, 5) is 40.0. The zero-order valence-electron chi connectivity index (χ0n) is 15.8. The first-order valence-corrected chi connectivity index (χ1v) is 9.07. The molecule has 0 aliphatic carbocycles. The zero-order chi connectivity index (χ0) is 20.9. The third-order valence-electron chi connectivity index (χ3n) is 5.74. The molecule has 2 fully saturated rings. The van der Waals surface area contributed by atoms with Crippen molar-refractivity contribution in [3.05, 3.63) is 59.9 Å². The molecule has 29 heavy (non-hydrogen) atoms. The predicted molar refractivity (Wildman–Crippen MR) is 100 cm³/mol. The molecule has 0 spiro atoms. The van der Waals surface area contributed by atoms with Gasteiger partial charge in [0.2, 0.25) is 11.8 Å². The van der Waals surface area contributed by atoms with Crippen molar-refractivity contribution in [3.8, 4) is 5.75 Å². The van der Waals surface area contributed by atoms with E-state index in [0.717, 1.165) is 4.90 Å². The van der Waals surface area contributed by atoms with Crippen molar-refractivity contribution in [1.29, 1.82) is 0 Å². The summed E-state index contributed by atoms with van der Waals surface area (Å²) in [5, 5.41) is 12.7. The van der Waals surface area contributed by atoms with E-state index in [4.69, 9.17) is 4.74 Å². The van der Waals surface area contributed by atoms with Crippen LogP contribution in [0.4, 0.5) is 10.1 Å². The van der Waals surface area contributed by atoms with Crippen LogP contribution >= 0.6 is 0 Å². The van der Waals surface area contributed by atoms with Crippen molar-refractivity contribution in [2.24, 2.45) is 11.8 Å². The number of nitrogens with zero attached hydrogens (tertiary/aromatic N) is 1. The molecule has 7 nitrogen and oxygen atoms in total. The second-order valence-electron chi connectivity index (χ2n) is 7.37. The number of methoxy groups -OCH3 is 1. The fraction of sp³-hybridized carbons (Fsp3) is 0.286. The monoisotopic (exact) mass is 398 g/mol. The van der Waals surface area contributed by atoms with Crippen molar-refractivity contribution in [1.82, 2.24) is 5.32 Å². The van der Waals surface area contributed by atoms with E-state index >= 15 is 0 Å². The highest BCUT2D eigenvalue weighted by Gasteiger charge is 2.67. The van der Waals surface area contributed by atoms with Crippen LogP contribution < -0.4 is 10.2 Å². The number of carbonyl (C=O) groups excluding carboxylic acids is 3. The van der Waals surface area contributed by atoms with Crippen LogP contribution in [0.2, 0.25) is 0 Å². The van der Waals surface area contributed by atoms with Gasteiger partial charge in [-0.2, -0.15) is 0 Å². The number of ether oxygens (including phenoxy) is 1. The first kappa shape index (κ1) is 19.1. The van der Waals surface area contributed by atoms with Gasteiger partial charge in [0.1, 0.15) is 17.1 Å². The number of phenols is 1. The Labute approximate surface area is 166 Å². The number of para-hydroxylation sites is 1. The van der Waals surface area contributed by atoms with Crippen molar-refractivity contribution in [2.75, 3.05) is 12.0 Å². The van der Waals surface area contributed by atoms with E-state index in [1.54, 1.807) is 12.1 Å². The molecule has 2 aliphatic heterocycles. The molecule has 2 aromatic rings. The summed E-state index contributed by atoms with van der Waals surface area (Å²) in [5.74, 6) is -4.61. The number of benzene rings is 2. The second kappa shape index (κ2) is 6.66. The summed E-state index contributed by atoms with van der Waals surface area (Å²) in [6, 6.07) is 10.9. The second-order valence-corrected chi connectivity index (χ2v) is 7.37. The van der Waals surface area contributed by atoms with Crippen LogP contribution in [0, 0.1) is 17.7 Å². The van der Waals surface area contributed by atoms with Gasteiger partial charge in [0.15, 0.2) is 0 Å². The van der Waals surface area contributed by atoms with E-state index in [9.17, 15) is 23.9 Å². The Balaban J connectivity index is 1.84. The summed E-state index contributed by atoms with van der Waals surface area (Å²) < 4.78 is 19.3. The largest absolute Gasteiger partial charge is 0.508 e. The van der Waals surface area contributed by atoms with Crippen LogP contribution in [-0.4, -0.2) is 35.5 Å². The molecule has 2 heterocycles. The lowest BCUT2D eigenvalue weighted by atomic mass is 9.80. The molecule has 0 unspecified atom stereocenters. The molecular weight excluding hydrogens is 379 g/mol. The Bertz CT molecular complexity index is 1010. The highest BCUT2D eigenvalue weighted by molar-refractivity contribution is 6.24. The summed E-state index contributed by atoms with van der Waals surface area (Å²) in [6.45, 7) is 1.51. The average Bonchev–Trinajstić information content (AvgIpc) is 3.17. The SMILES string of the molecule is COC(=O)[C@]1(C)N[C@@H](c2ccc(O)cc2)[C@H]2C(=O)N(c3ccccc3F)C(=O)[C@@H]21. The molecule has 2 N–H and O–H groups in total. The highest BCUT2D eigenvalue weighted by Crippen LogP contribution is 2.50. The van der Waals surface area contributed by atoms with Gasteiger partial charge in [-0.15, -0.1) is 0 Å². The topological polar surface area (TPSA) is 95.9 Å². The van der Waals surface area contributed by atoms with Gasteiger partial charge in [0.25, 0.3) is 0 Å². The molecule has 2 amide bonds. The number of fused-ring (bicyclic) bond motifs is 1. The number of hydrogen-bond donors (Lipinski definition) is 2. The molecule has 4 atom stereocenters. The Kier molecular flexibility index (Phi) is 4.38. The van der Waals surface area contributed by atoms with Crippen molar-refractivity contribution < 1.29 is 28.6 Å². The van der Waals surface area contributed by atoms with Gasteiger partial charge in [-0.3, -0.25) is 19.7 Å². The number of esters is 1. The number of nitrogens with one attached hydrogen (secondary N) is 1. The number of imide groups is 1. The molecule has 4 rings (SSSR count). The minimum absolute atomic E-state index is 0.0424. The third-order valence-corrected chi connectivity index (χ3v) is 5.74. The number of amides is 2. The number of rotatable bonds is 3. The van der Waals surface area contributed by atoms with Gasteiger partial charge >= 0.3 is 5.97 Å². The Morgan fingerprint density at radius 3 is 2.41 bits per heavy atom. The molecule has 0 bridgehead atoms. The van der Waals surface area contributed by atoms with E-state index in [2.05, 4.69) is 5.32 Å². The van der Waals surface area contributed by atoms with Gasteiger partial charge in [0.05, 0.1) is 24.6 Å². The standard InChI is InChI=1S/C21H19FN2O5/c1-21(20(28)29-2)16-15(17(23-21)11-7-9-12(25)10-8-11)18(26)24(19(16)27)14-6-4-3-5-13(14)22/h3-10,15-17,23,25H,1-2H3/t15-,16+,17-,21+/m0/s1. The summed E-state index contributed by atoms with van der Waals surface area (Å²) in [6.07, 6.45) is 0. The summed E-state index contributed by atoms with van der Waals surface area (Å²) >= 11 is 0. The van der Waals surface area contributed by atoms with E-state index in [-0.39, 0.29) is 11.4 Å². The first-order chi connectivity index (χ1) is 13.8. The molecular formula is C21H19FN2O5. The van der Waals surface area contributed by atoms with E-state index < -0.39 is 47.0 Å². The quantitative estimate of drug-likeness (QED) is 0.606. The lowest BCUT2D eigenvalue weighted by molar-refractivity contribution is -0.151. The van der Waals surface area contributed by atoms with E-state index in [0.29, 0.717) is 5.56 Å². The smallest absolute Gasteiger partial charge is 0.326 e. The van der Waals surface area contributed by atoms with Crippen molar-refractivity contribution in [2.45, 2.75) is 18.5 Å². The minimum atomic E-state index is -1.48. The summed E-state index contributed by atoms with van der Waals surface area (Å²) in [5.41, 5.74) is -1.01. The Morgan fingerprint density at radius 2 is 1.79 bits per heavy atom. The van der Waals surface area contributed by atoms with Crippen LogP contribution in [0.5, 0.6) is 5.75 Å². The molecule has 2 saturated heterocycles. The third kappa shape index (κ3) is 2.71. The first-order valence-electron chi connectivity index (χ1n) is 9.07. The van der Waals surface area contributed by atoms with Crippen molar-refractivity contribution >= 4 is 23.5 Å². The normalized spacial score (nSPS) is 28.5. The van der Waals surface area contributed by atoms with Crippen molar-refractivity contribution in [3.63, 3.8) is 0 Å². The molecule has 0 saturated carbocycles. The van der Waals surface area contributed by atoms with Gasteiger partial charge < -0.3 is 9.84 Å². The van der Waals surface area contributed by atoms with E-state index in [1.165, 1.54) is 50.4 Å². The molecule has 8 heteroatoms. The number of anilines is 1. The van der Waals surface area contributed by atoms with Crippen LogP contribution in [-0.2, 0) is 19.1 Å². The average molecular weight is 398 g/mol.